The molecule has 0 fully saturated rings. The van der Waals surface area contributed by atoms with E-state index in [4.69, 9.17) is 24.9 Å². The van der Waals surface area contributed by atoms with E-state index < -0.39 is 48.9 Å². The van der Waals surface area contributed by atoms with Gasteiger partial charge in [0.2, 0.25) is 10.0 Å². The molecule has 0 unspecified atom stereocenters. The van der Waals surface area contributed by atoms with Gasteiger partial charge in [-0.25, -0.2) is 18.0 Å². The number of sulfonamides is 1. The third kappa shape index (κ3) is 8.18. The van der Waals surface area contributed by atoms with Gasteiger partial charge in [0.1, 0.15) is 10.5 Å². The molecule has 0 heterocycles. The summed E-state index contributed by atoms with van der Waals surface area (Å²) in [5.74, 6) is -4.41. The Hall–Kier alpha value is -3.14. The first kappa shape index (κ1) is 28.9. The van der Waals surface area contributed by atoms with E-state index in [-0.39, 0.29) is 13.2 Å². The number of amides is 1. The molecule has 0 saturated heterocycles. The minimum atomic E-state index is -4.12. The normalized spacial score (nSPS) is 11.0. The van der Waals surface area contributed by atoms with Crippen molar-refractivity contribution in [1.82, 2.24) is 14.1 Å². The lowest BCUT2D eigenvalue weighted by Crippen LogP contribution is -2.37. The van der Waals surface area contributed by atoms with Crippen molar-refractivity contribution in [1.29, 1.82) is 0 Å². The summed E-state index contributed by atoms with van der Waals surface area (Å²) in [6.07, 6.45) is 0. The van der Waals surface area contributed by atoms with Gasteiger partial charge in [-0.1, -0.05) is 6.07 Å². The van der Waals surface area contributed by atoms with Crippen molar-refractivity contribution in [3.05, 3.63) is 33.9 Å². The van der Waals surface area contributed by atoms with Crippen LogP contribution in [0.3, 0.4) is 0 Å². The number of hydrogen-bond acceptors (Lipinski definition) is 9. The van der Waals surface area contributed by atoms with Gasteiger partial charge in [0.15, 0.2) is 0 Å². The summed E-state index contributed by atoms with van der Waals surface area (Å²) in [6.45, 7) is 0.772. The highest BCUT2D eigenvalue weighted by atomic mass is 32.2. The van der Waals surface area contributed by atoms with Gasteiger partial charge in [-0.2, -0.15) is 4.31 Å². The highest BCUT2D eigenvalue weighted by Crippen LogP contribution is 2.28. The Morgan fingerprint density at radius 2 is 1.53 bits per heavy atom. The van der Waals surface area contributed by atoms with Crippen LogP contribution in [0.1, 0.15) is 10.4 Å². The standard InChI is InChI=1S/C15H24N4O6S.C2H2O4/c1-16(2)15(21)14-12(19(22)23)6-5-7-13(14)26(24,25)18(4)9-8-17(3)10-11-20;3-1(4)2(5)6/h5-7,20H,8-11H2,1-4H3;(H,3,4)(H,5,6). The van der Waals surface area contributed by atoms with E-state index >= 15 is 0 Å². The second kappa shape index (κ2) is 12.7. The second-order valence-electron chi connectivity index (χ2n) is 6.57. The minimum absolute atomic E-state index is 0.0562. The second-order valence-corrected chi connectivity index (χ2v) is 8.58. The lowest BCUT2D eigenvalue weighted by atomic mass is 10.1. The fourth-order valence-electron chi connectivity index (χ4n) is 2.21. The molecule has 32 heavy (non-hydrogen) atoms. The monoisotopic (exact) mass is 478 g/mol. The van der Waals surface area contributed by atoms with Crippen LogP contribution in [-0.2, 0) is 19.6 Å². The SMILES string of the molecule is CN(CCO)CCN(C)S(=O)(=O)c1cccc([N+](=O)[O-])c1C(=O)N(C)C.O=C(O)C(=O)O. The van der Waals surface area contributed by atoms with E-state index in [0.29, 0.717) is 13.1 Å². The van der Waals surface area contributed by atoms with Crippen LogP contribution in [-0.4, -0.2) is 115 Å². The molecule has 1 amide bonds. The smallest absolute Gasteiger partial charge is 0.414 e. The van der Waals surface area contributed by atoms with Crippen LogP contribution in [0.15, 0.2) is 23.1 Å². The number of nitro benzene ring substituents is 1. The van der Waals surface area contributed by atoms with Crippen molar-refractivity contribution in [2.75, 3.05) is 54.4 Å². The van der Waals surface area contributed by atoms with E-state index in [1.165, 1.54) is 33.3 Å². The number of hydrogen-bond donors (Lipinski definition) is 3. The molecule has 0 aromatic heterocycles. The van der Waals surface area contributed by atoms with Crippen LogP contribution >= 0.6 is 0 Å². The van der Waals surface area contributed by atoms with Crippen LogP contribution in [0.5, 0.6) is 0 Å². The summed E-state index contributed by atoms with van der Waals surface area (Å²) in [7, 11) is 1.73. The van der Waals surface area contributed by atoms with Crippen molar-refractivity contribution in [3.63, 3.8) is 0 Å². The number of rotatable bonds is 9. The Labute approximate surface area is 184 Å². The summed E-state index contributed by atoms with van der Waals surface area (Å²) < 4.78 is 26.8. The van der Waals surface area contributed by atoms with Crippen molar-refractivity contribution in [3.8, 4) is 0 Å². The first-order chi connectivity index (χ1) is 14.7. The summed E-state index contributed by atoms with van der Waals surface area (Å²) in [5, 5.41) is 35.0. The predicted octanol–water partition coefficient (Wildman–Crippen LogP) is -1.00. The van der Waals surface area contributed by atoms with Gasteiger partial charge < -0.3 is 25.1 Å². The van der Waals surface area contributed by atoms with E-state index in [1.54, 1.807) is 11.9 Å². The fraction of sp³-hybridized carbons (Fsp3) is 0.471. The highest BCUT2D eigenvalue weighted by Gasteiger charge is 2.33. The van der Waals surface area contributed by atoms with E-state index in [0.717, 1.165) is 15.3 Å². The van der Waals surface area contributed by atoms with Gasteiger partial charge in [0, 0.05) is 46.8 Å². The van der Waals surface area contributed by atoms with Crippen molar-refractivity contribution >= 4 is 33.6 Å². The molecular weight excluding hydrogens is 452 g/mol. The molecule has 180 valence electrons. The van der Waals surface area contributed by atoms with Crippen LogP contribution in [0.25, 0.3) is 0 Å². The molecule has 0 aliphatic carbocycles. The Balaban J connectivity index is 0.00000140. The Morgan fingerprint density at radius 3 is 1.94 bits per heavy atom. The van der Waals surface area contributed by atoms with E-state index in [1.807, 2.05) is 0 Å². The third-order valence-corrected chi connectivity index (χ3v) is 5.87. The number of aliphatic hydroxyl groups excluding tert-OH is 1. The number of carboxylic acid groups (broad SMARTS) is 2. The van der Waals surface area contributed by atoms with Gasteiger partial charge in [-0.15, -0.1) is 0 Å². The number of aliphatic carboxylic acids is 2. The van der Waals surface area contributed by atoms with Gasteiger partial charge in [0.25, 0.3) is 11.6 Å². The molecule has 1 rings (SSSR count). The number of carbonyl (C=O) groups excluding carboxylic acids is 1. The van der Waals surface area contributed by atoms with E-state index in [9.17, 15) is 23.3 Å². The molecule has 1 aromatic rings. The molecular formula is C17H26N4O10S. The molecule has 15 heteroatoms. The van der Waals surface area contributed by atoms with Crippen LogP contribution in [0, 0.1) is 10.1 Å². The largest absolute Gasteiger partial charge is 0.473 e. The molecule has 0 bridgehead atoms. The molecule has 0 aliphatic rings. The molecule has 0 spiro atoms. The quantitative estimate of drug-likeness (QED) is 0.223. The summed E-state index contributed by atoms with van der Waals surface area (Å²) in [4.78, 5) is 43.6. The highest BCUT2D eigenvalue weighted by molar-refractivity contribution is 7.89. The average Bonchev–Trinajstić information content (AvgIpc) is 2.71. The third-order valence-electron chi connectivity index (χ3n) is 3.97. The Morgan fingerprint density at radius 1 is 1.00 bits per heavy atom. The molecule has 0 saturated carbocycles. The topological polar surface area (TPSA) is 199 Å². The number of likely N-dealkylation sites (N-methyl/N-ethyl adjacent to an activating group) is 2. The number of nitro groups is 1. The molecule has 1 aromatic carbocycles. The zero-order valence-electron chi connectivity index (χ0n) is 18.0. The molecule has 0 aliphatic heterocycles. The molecule has 14 nitrogen and oxygen atoms in total. The van der Waals surface area contributed by atoms with Gasteiger partial charge >= 0.3 is 11.9 Å². The van der Waals surface area contributed by atoms with Gasteiger partial charge in [-0.3, -0.25) is 14.9 Å². The zero-order valence-corrected chi connectivity index (χ0v) is 18.8. The maximum atomic E-state index is 12.9. The van der Waals surface area contributed by atoms with Gasteiger partial charge in [0.05, 0.1) is 11.5 Å². The number of carbonyl (C=O) groups is 3. The average molecular weight is 478 g/mol. The van der Waals surface area contributed by atoms with Crippen LogP contribution in [0.2, 0.25) is 0 Å². The fourth-order valence-corrected chi connectivity index (χ4v) is 3.57. The zero-order chi connectivity index (χ0) is 25.2. The summed E-state index contributed by atoms with van der Waals surface area (Å²) >= 11 is 0. The van der Waals surface area contributed by atoms with Crippen LogP contribution < -0.4 is 0 Å². The van der Waals surface area contributed by atoms with Gasteiger partial charge in [-0.05, 0) is 13.1 Å². The molecule has 0 radical (unpaired) electrons. The maximum Gasteiger partial charge on any atom is 0.414 e. The van der Waals surface area contributed by atoms with E-state index in [2.05, 4.69) is 0 Å². The summed E-state index contributed by atoms with van der Waals surface area (Å²) in [6, 6.07) is 3.53. The predicted molar refractivity (Wildman–Crippen MR) is 111 cm³/mol. The number of benzene rings is 1. The number of nitrogens with zero attached hydrogens (tertiary/aromatic N) is 4. The van der Waals surface area contributed by atoms with Crippen molar-refractivity contribution < 1.29 is 43.0 Å². The lowest BCUT2D eigenvalue weighted by molar-refractivity contribution is -0.385. The first-order valence-electron chi connectivity index (χ1n) is 8.89. The summed E-state index contributed by atoms with van der Waals surface area (Å²) in [5.41, 5.74) is -1.02. The van der Waals surface area contributed by atoms with Crippen molar-refractivity contribution in [2.24, 2.45) is 0 Å². The van der Waals surface area contributed by atoms with Crippen molar-refractivity contribution in [2.45, 2.75) is 4.90 Å². The van der Waals surface area contributed by atoms with Crippen LogP contribution in [0.4, 0.5) is 5.69 Å². The maximum absolute atomic E-state index is 12.9. The molecule has 3 N–H and O–H groups in total. The minimum Gasteiger partial charge on any atom is -0.473 e. The number of carboxylic acids is 2. The Bertz CT molecular complexity index is 937. The lowest BCUT2D eigenvalue weighted by Gasteiger charge is -2.22. The molecule has 0 atom stereocenters. The Kier molecular flexibility index (Phi) is 11.4. The first-order valence-corrected chi connectivity index (χ1v) is 10.3. The number of aliphatic hydroxyl groups is 1.